The Hall–Kier alpha value is -3.14. The summed E-state index contributed by atoms with van der Waals surface area (Å²) in [5.74, 6) is -2.28. The molecule has 0 spiro atoms. The number of alkyl carbamates (subject to hydrolysis) is 1. The number of hydrogen-bond acceptors (Lipinski definition) is 6. The number of carbonyl (C=O) groups is 4. The fraction of sp³-hybridized carbons (Fsp3) is 0.444. The van der Waals surface area contributed by atoms with Gasteiger partial charge in [0.2, 0.25) is 11.8 Å². The van der Waals surface area contributed by atoms with Gasteiger partial charge in [-0.05, 0) is 24.8 Å². The van der Waals surface area contributed by atoms with Crippen molar-refractivity contribution in [2.75, 3.05) is 19.6 Å². The predicted molar refractivity (Wildman–Crippen MR) is 100 cm³/mol. The minimum absolute atomic E-state index is 0.192. The van der Waals surface area contributed by atoms with Gasteiger partial charge in [-0.15, -0.1) is 0 Å². The van der Waals surface area contributed by atoms with E-state index in [1.54, 1.807) is 0 Å². The SMILES string of the molecule is N[C@@H](CCCCNC(=O)OCc1ccccc1)C(=O)NCC(=O)NCC(=O)O. The van der Waals surface area contributed by atoms with E-state index in [9.17, 15) is 19.2 Å². The van der Waals surface area contributed by atoms with E-state index in [0.29, 0.717) is 25.8 Å². The highest BCUT2D eigenvalue weighted by atomic mass is 16.5. The zero-order chi connectivity index (χ0) is 20.8. The molecule has 0 fully saturated rings. The molecule has 0 heterocycles. The van der Waals surface area contributed by atoms with Crippen LogP contribution in [0.4, 0.5) is 4.79 Å². The first-order valence-electron chi connectivity index (χ1n) is 8.85. The molecule has 0 aliphatic heterocycles. The van der Waals surface area contributed by atoms with Crippen LogP contribution in [-0.2, 0) is 25.7 Å². The number of carbonyl (C=O) groups excluding carboxylic acids is 3. The Morgan fingerprint density at radius 2 is 1.71 bits per heavy atom. The van der Waals surface area contributed by atoms with Crippen LogP contribution in [0, 0.1) is 0 Å². The molecule has 0 radical (unpaired) electrons. The number of unbranched alkanes of at least 4 members (excludes halogenated alkanes) is 1. The Kier molecular flexibility index (Phi) is 10.7. The molecule has 1 aromatic rings. The number of nitrogens with one attached hydrogen (secondary N) is 3. The van der Waals surface area contributed by atoms with Gasteiger partial charge in [0.1, 0.15) is 13.2 Å². The summed E-state index contributed by atoms with van der Waals surface area (Å²) in [5.41, 5.74) is 6.62. The number of hydrogen-bond donors (Lipinski definition) is 5. The molecule has 0 unspecified atom stereocenters. The summed E-state index contributed by atoms with van der Waals surface area (Å²) in [6, 6.07) is 8.52. The fourth-order valence-corrected chi connectivity index (χ4v) is 2.12. The number of rotatable bonds is 12. The quantitative estimate of drug-likeness (QED) is 0.305. The highest BCUT2D eigenvalue weighted by Crippen LogP contribution is 2.01. The fourth-order valence-electron chi connectivity index (χ4n) is 2.12. The number of amides is 3. The van der Waals surface area contributed by atoms with E-state index in [1.807, 2.05) is 30.3 Å². The summed E-state index contributed by atoms with van der Waals surface area (Å²) in [7, 11) is 0. The van der Waals surface area contributed by atoms with Gasteiger partial charge in [0, 0.05) is 6.54 Å². The average Bonchev–Trinajstić information content (AvgIpc) is 2.69. The first-order chi connectivity index (χ1) is 13.4. The molecule has 0 saturated carbocycles. The Balaban J connectivity index is 2.06. The van der Waals surface area contributed by atoms with E-state index in [4.69, 9.17) is 15.6 Å². The zero-order valence-corrected chi connectivity index (χ0v) is 15.5. The highest BCUT2D eigenvalue weighted by Gasteiger charge is 2.14. The second-order valence-electron chi connectivity index (χ2n) is 5.98. The van der Waals surface area contributed by atoms with Crippen LogP contribution in [0.5, 0.6) is 0 Å². The Bertz CT molecular complexity index is 653. The largest absolute Gasteiger partial charge is 0.480 e. The van der Waals surface area contributed by atoms with Crippen molar-refractivity contribution in [3.63, 3.8) is 0 Å². The molecule has 0 aliphatic carbocycles. The Labute approximate surface area is 162 Å². The second kappa shape index (κ2) is 13.1. The molecule has 6 N–H and O–H groups in total. The lowest BCUT2D eigenvalue weighted by Gasteiger charge is -2.12. The number of aliphatic carboxylic acids is 1. The molecule has 0 bridgehead atoms. The van der Waals surface area contributed by atoms with Gasteiger partial charge >= 0.3 is 12.1 Å². The van der Waals surface area contributed by atoms with Crippen molar-refractivity contribution in [3.05, 3.63) is 35.9 Å². The topological polar surface area (TPSA) is 160 Å². The summed E-state index contributed by atoms with van der Waals surface area (Å²) >= 11 is 0. The van der Waals surface area contributed by atoms with Gasteiger partial charge in [0.05, 0.1) is 12.6 Å². The normalized spacial score (nSPS) is 11.2. The number of ether oxygens (including phenoxy) is 1. The van der Waals surface area contributed by atoms with Gasteiger partial charge in [0.15, 0.2) is 0 Å². The van der Waals surface area contributed by atoms with Crippen LogP contribution in [0.3, 0.4) is 0 Å². The van der Waals surface area contributed by atoms with Gasteiger partial charge in [-0.25, -0.2) is 4.79 Å². The van der Waals surface area contributed by atoms with Crippen molar-refractivity contribution in [3.8, 4) is 0 Å². The van der Waals surface area contributed by atoms with E-state index in [0.717, 1.165) is 5.56 Å². The molecule has 1 atom stereocenters. The van der Waals surface area contributed by atoms with Gasteiger partial charge < -0.3 is 31.5 Å². The monoisotopic (exact) mass is 394 g/mol. The minimum Gasteiger partial charge on any atom is -0.480 e. The van der Waals surface area contributed by atoms with Crippen LogP contribution in [0.25, 0.3) is 0 Å². The van der Waals surface area contributed by atoms with Gasteiger partial charge in [-0.2, -0.15) is 0 Å². The van der Waals surface area contributed by atoms with Gasteiger partial charge in [-0.3, -0.25) is 14.4 Å². The molecule has 0 aromatic heterocycles. The highest BCUT2D eigenvalue weighted by molar-refractivity contribution is 5.88. The first-order valence-corrected chi connectivity index (χ1v) is 8.85. The predicted octanol–water partition coefficient (Wildman–Crippen LogP) is -0.273. The van der Waals surface area contributed by atoms with Crippen molar-refractivity contribution < 1.29 is 29.0 Å². The van der Waals surface area contributed by atoms with Crippen LogP contribution in [-0.4, -0.2) is 54.7 Å². The second-order valence-corrected chi connectivity index (χ2v) is 5.98. The molecule has 1 rings (SSSR count). The standard InChI is InChI=1S/C18H26N4O6/c19-14(17(26)22-10-15(23)21-11-16(24)25)8-4-5-9-20-18(27)28-12-13-6-2-1-3-7-13/h1-3,6-7,14H,4-5,8-12,19H2,(H,20,27)(H,21,23)(H,22,26)(H,24,25)/t14-/m0/s1. The van der Waals surface area contributed by atoms with Crippen molar-refractivity contribution in [1.29, 1.82) is 0 Å². The average molecular weight is 394 g/mol. The number of carboxylic acid groups (broad SMARTS) is 1. The Morgan fingerprint density at radius 1 is 1.00 bits per heavy atom. The molecule has 1 aromatic carbocycles. The molecular formula is C18H26N4O6. The van der Waals surface area contributed by atoms with Crippen LogP contribution in [0.15, 0.2) is 30.3 Å². The zero-order valence-electron chi connectivity index (χ0n) is 15.5. The van der Waals surface area contributed by atoms with Crippen molar-refractivity contribution in [1.82, 2.24) is 16.0 Å². The smallest absolute Gasteiger partial charge is 0.407 e. The molecule has 0 aliphatic rings. The van der Waals surface area contributed by atoms with E-state index in [-0.39, 0.29) is 13.2 Å². The molecule has 3 amide bonds. The maximum atomic E-state index is 11.8. The van der Waals surface area contributed by atoms with Crippen LogP contribution in [0.1, 0.15) is 24.8 Å². The summed E-state index contributed by atoms with van der Waals surface area (Å²) in [5, 5.41) is 15.5. The summed E-state index contributed by atoms with van der Waals surface area (Å²) < 4.78 is 5.07. The third-order valence-corrected chi connectivity index (χ3v) is 3.62. The third kappa shape index (κ3) is 10.8. The summed E-state index contributed by atoms with van der Waals surface area (Å²) in [6.45, 7) is -0.270. The van der Waals surface area contributed by atoms with E-state index >= 15 is 0 Å². The minimum atomic E-state index is -1.17. The first kappa shape index (κ1) is 22.9. The van der Waals surface area contributed by atoms with Crippen molar-refractivity contribution in [2.45, 2.75) is 31.9 Å². The van der Waals surface area contributed by atoms with Gasteiger partial charge in [0.25, 0.3) is 0 Å². The van der Waals surface area contributed by atoms with E-state index in [2.05, 4.69) is 16.0 Å². The van der Waals surface area contributed by atoms with Crippen LogP contribution >= 0.6 is 0 Å². The number of nitrogens with two attached hydrogens (primary N) is 1. The third-order valence-electron chi connectivity index (χ3n) is 3.62. The summed E-state index contributed by atoms with van der Waals surface area (Å²) in [4.78, 5) is 44.9. The lowest BCUT2D eigenvalue weighted by molar-refractivity contribution is -0.137. The number of carboxylic acids is 1. The Morgan fingerprint density at radius 3 is 2.39 bits per heavy atom. The van der Waals surface area contributed by atoms with Crippen molar-refractivity contribution >= 4 is 23.9 Å². The molecule has 28 heavy (non-hydrogen) atoms. The van der Waals surface area contributed by atoms with Crippen LogP contribution < -0.4 is 21.7 Å². The molecule has 10 nitrogen and oxygen atoms in total. The lowest BCUT2D eigenvalue weighted by atomic mass is 10.1. The van der Waals surface area contributed by atoms with Crippen molar-refractivity contribution in [2.24, 2.45) is 5.73 Å². The lowest BCUT2D eigenvalue weighted by Crippen LogP contribution is -2.45. The van der Waals surface area contributed by atoms with Gasteiger partial charge in [-0.1, -0.05) is 30.3 Å². The van der Waals surface area contributed by atoms with E-state index < -0.39 is 36.5 Å². The molecule has 0 saturated heterocycles. The van der Waals surface area contributed by atoms with E-state index in [1.165, 1.54) is 0 Å². The number of benzene rings is 1. The maximum absolute atomic E-state index is 11.8. The molecule has 154 valence electrons. The molecule has 10 heteroatoms. The molecular weight excluding hydrogens is 368 g/mol. The van der Waals surface area contributed by atoms with Crippen LogP contribution in [0.2, 0.25) is 0 Å². The summed E-state index contributed by atoms with van der Waals surface area (Å²) in [6.07, 6.45) is 1.07. The maximum Gasteiger partial charge on any atom is 0.407 e.